The maximum atomic E-state index is 13.5. The number of methoxy groups -OCH3 is 1. The van der Waals surface area contributed by atoms with Crippen LogP contribution in [0.5, 0.6) is 11.5 Å². The summed E-state index contributed by atoms with van der Waals surface area (Å²) in [7, 11) is 1.54. The fourth-order valence-electron chi connectivity index (χ4n) is 3.98. The van der Waals surface area contributed by atoms with Gasteiger partial charge in [-0.1, -0.05) is 31.2 Å². The van der Waals surface area contributed by atoms with E-state index in [0.29, 0.717) is 23.3 Å². The van der Waals surface area contributed by atoms with Crippen LogP contribution in [-0.4, -0.2) is 47.4 Å². The van der Waals surface area contributed by atoms with Crippen LogP contribution < -0.4 is 9.64 Å². The van der Waals surface area contributed by atoms with Gasteiger partial charge in [0.1, 0.15) is 22.7 Å². The Morgan fingerprint density at radius 1 is 0.850 bits per heavy atom. The molecule has 0 aliphatic heterocycles. The Bertz CT molecular complexity index is 1290. The van der Waals surface area contributed by atoms with Gasteiger partial charge in [0.15, 0.2) is 12.6 Å². The average molecular weight is 551 g/mol. The molecule has 1 N–H and O–H groups in total. The molecule has 0 saturated heterocycles. The Labute approximate surface area is 235 Å². The number of benzene rings is 2. The van der Waals surface area contributed by atoms with Gasteiger partial charge >= 0.3 is 12.2 Å². The minimum absolute atomic E-state index is 0.0773. The highest BCUT2D eigenvalue weighted by Crippen LogP contribution is 2.40. The third-order valence-electron chi connectivity index (χ3n) is 5.55. The summed E-state index contributed by atoms with van der Waals surface area (Å²) in [6.45, 7) is 12.4. The van der Waals surface area contributed by atoms with Gasteiger partial charge in [0.25, 0.3) is 0 Å². The van der Waals surface area contributed by atoms with Crippen LogP contribution in [0, 0.1) is 0 Å². The maximum Gasteiger partial charge on any atom is 0.425 e. The van der Waals surface area contributed by atoms with E-state index in [4.69, 9.17) is 18.9 Å². The molecule has 3 aromatic rings. The van der Waals surface area contributed by atoms with Crippen LogP contribution in [0.4, 0.5) is 15.4 Å². The topological polar surface area (TPSA) is 107 Å². The van der Waals surface area contributed by atoms with Crippen molar-refractivity contribution in [3.8, 4) is 33.8 Å². The van der Waals surface area contributed by atoms with Crippen molar-refractivity contribution in [1.29, 1.82) is 0 Å². The number of rotatable bonds is 7. The number of imide groups is 1. The zero-order valence-corrected chi connectivity index (χ0v) is 24.4. The van der Waals surface area contributed by atoms with Crippen LogP contribution in [0.1, 0.15) is 54.0 Å². The Morgan fingerprint density at radius 2 is 1.38 bits per heavy atom. The lowest BCUT2D eigenvalue weighted by molar-refractivity contribution is 0.0428. The summed E-state index contributed by atoms with van der Waals surface area (Å²) in [5.74, 6) is 0.803. The summed E-state index contributed by atoms with van der Waals surface area (Å²) in [4.78, 5) is 32.6. The summed E-state index contributed by atoms with van der Waals surface area (Å²) in [5.41, 5.74) is 1.93. The first-order valence-electron chi connectivity index (χ1n) is 13.0. The maximum absolute atomic E-state index is 13.5. The van der Waals surface area contributed by atoms with E-state index >= 15 is 0 Å². The summed E-state index contributed by atoms with van der Waals surface area (Å²) in [6.07, 6.45) is 0.339. The third kappa shape index (κ3) is 7.72. The number of pyridine rings is 1. The third-order valence-corrected chi connectivity index (χ3v) is 5.55. The molecule has 1 aromatic heterocycles. The van der Waals surface area contributed by atoms with Gasteiger partial charge in [-0.05, 0) is 88.9 Å². The number of carbonyl (C=O) groups excluding carboxylic acids is 2. The van der Waals surface area contributed by atoms with E-state index < -0.39 is 23.4 Å². The molecule has 0 unspecified atom stereocenters. The molecule has 2 aromatic carbocycles. The van der Waals surface area contributed by atoms with E-state index in [1.807, 2.05) is 19.1 Å². The van der Waals surface area contributed by atoms with Crippen molar-refractivity contribution in [2.75, 3.05) is 18.8 Å². The average Bonchev–Trinajstić information content (AvgIpc) is 2.86. The second kappa shape index (κ2) is 12.4. The molecular weight excluding hydrogens is 512 g/mol. The van der Waals surface area contributed by atoms with Gasteiger partial charge in [-0.2, -0.15) is 4.90 Å². The molecule has 9 nitrogen and oxygen atoms in total. The zero-order valence-electron chi connectivity index (χ0n) is 24.4. The normalized spacial score (nSPS) is 11.6. The number of ether oxygens (including phenoxy) is 4. The molecule has 0 fully saturated rings. The fourth-order valence-corrected chi connectivity index (χ4v) is 3.98. The first kappa shape index (κ1) is 30.4. The molecule has 9 heteroatoms. The van der Waals surface area contributed by atoms with Crippen LogP contribution >= 0.6 is 0 Å². The largest absolute Gasteiger partial charge is 0.508 e. The van der Waals surface area contributed by atoms with Crippen LogP contribution in [-0.2, 0) is 20.6 Å². The smallest absolute Gasteiger partial charge is 0.425 e. The predicted octanol–water partition coefficient (Wildman–Crippen LogP) is 7.34. The number of hydrogen-bond acceptors (Lipinski definition) is 8. The van der Waals surface area contributed by atoms with Crippen molar-refractivity contribution in [3.63, 3.8) is 0 Å². The number of aromatic nitrogens is 1. The van der Waals surface area contributed by atoms with Gasteiger partial charge in [0, 0.05) is 24.4 Å². The molecule has 0 radical (unpaired) electrons. The zero-order chi connectivity index (χ0) is 29.7. The predicted molar refractivity (Wildman–Crippen MR) is 154 cm³/mol. The number of phenols is 1. The highest BCUT2D eigenvalue weighted by atomic mass is 16.7. The molecule has 2 amide bonds. The van der Waals surface area contributed by atoms with E-state index in [0.717, 1.165) is 21.6 Å². The van der Waals surface area contributed by atoms with E-state index in [1.54, 1.807) is 84.1 Å². The molecule has 1 heterocycles. The minimum atomic E-state index is -0.907. The summed E-state index contributed by atoms with van der Waals surface area (Å²) in [6, 6.07) is 14.0. The van der Waals surface area contributed by atoms with Gasteiger partial charge in [0.05, 0.1) is 0 Å². The van der Waals surface area contributed by atoms with Crippen molar-refractivity contribution in [3.05, 3.63) is 60.3 Å². The quantitative estimate of drug-likeness (QED) is 0.304. The number of aromatic hydroxyl groups is 1. The summed E-state index contributed by atoms with van der Waals surface area (Å²) in [5, 5.41) is 9.83. The first-order chi connectivity index (χ1) is 18.7. The van der Waals surface area contributed by atoms with Crippen molar-refractivity contribution in [2.45, 2.75) is 66.1 Å². The molecule has 0 saturated carbocycles. The summed E-state index contributed by atoms with van der Waals surface area (Å²) < 4.78 is 21.8. The highest BCUT2D eigenvalue weighted by Gasteiger charge is 2.36. The van der Waals surface area contributed by atoms with Gasteiger partial charge in [-0.3, -0.25) is 0 Å². The molecule has 3 rings (SSSR count). The molecule has 0 aliphatic carbocycles. The number of phenolic OH excluding ortho intramolecular Hbond substituents is 1. The Kier molecular flexibility index (Phi) is 9.42. The van der Waals surface area contributed by atoms with Crippen LogP contribution in [0.25, 0.3) is 22.3 Å². The second-order valence-corrected chi connectivity index (χ2v) is 11.1. The standard InChI is InChI=1S/C31H38N2O7/c1-9-24-25(20-10-14-22(34)15-11-20)18-32-27(26(24)21-12-16-23(17-13-21)38-19-37-8)33(28(35)39-30(2,3)4)29(36)40-31(5,6)7/h10-18,34H,9,19H2,1-8H3. The van der Waals surface area contributed by atoms with Crippen LogP contribution in [0.3, 0.4) is 0 Å². The minimum Gasteiger partial charge on any atom is -0.508 e. The molecular formula is C31H38N2O7. The fraction of sp³-hybridized carbons (Fsp3) is 0.387. The van der Waals surface area contributed by atoms with Crippen molar-refractivity contribution in [2.24, 2.45) is 0 Å². The van der Waals surface area contributed by atoms with Gasteiger partial charge in [-0.25, -0.2) is 14.6 Å². The molecule has 0 aliphatic rings. The van der Waals surface area contributed by atoms with E-state index in [9.17, 15) is 14.7 Å². The van der Waals surface area contributed by atoms with E-state index in [-0.39, 0.29) is 18.4 Å². The van der Waals surface area contributed by atoms with Crippen LogP contribution in [0.2, 0.25) is 0 Å². The molecule has 214 valence electrons. The number of amides is 2. The number of anilines is 1. The lowest BCUT2D eigenvalue weighted by Gasteiger charge is -2.30. The molecule has 0 atom stereocenters. The first-order valence-corrected chi connectivity index (χ1v) is 13.0. The van der Waals surface area contributed by atoms with Crippen molar-refractivity contribution < 1.29 is 33.6 Å². The van der Waals surface area contributed by atoms with Crippen molar-refractivity contribution in [1.82, 2.24) is 4.98 Å². The van der Waals surface area contributed by atoms with Crippen LogP contribution in [0.15, 0.2) is 54.7 Å². The van der Waals surface area contributed by atoms with Gasteiger partial charge in [0.2, 0.25) is 0 Å². The SMILES string of the molecule is CCc1c(-c2ccc(O)cc2)cnc(N(C(=O)OC(C)(C)C)C(=O)OC(C)(C)C)c1-c1ccc(OCOC)cc1. The number of hydrogen-bond donors (Lipinski definition) is 1. The molecule has 0 bridgehead atoms. The highest BCUT2D eigenvalue weighted by molar-refractivity contribution is 6.11. The number of carbonyl (C=O) groups is 2. The molecule has 0 spiro atoms. The van der Waals surface area contributed by atoms with E-state index in [2.05, 4.69) is 4.98 Å². The Hall–Kier alpha value is -4.11. The monoisotopic (exact) mass is 550 g/mol. The lowest BCUT2D eigenvalue weighted by atomic mass is 9.91. The second-order valence-electron chi connectivity index (χ2n) is 11.1. The van der Waals surface area contributed by atoms with Gasteiger partial charge in [-0.15, -0.1) is 0 Å². The summed E-state index contributed by atoms with van der Waals surface area (Å²) >= 11 is 0. The van der Waals surface area contributed by atoms with Crippen molar-refractivity contribution >= 4 is 18.0 Å². The Balaban J connectivity index is 2.31. The molecule has 40 heavy (non-hydrogen) atoms. The lowest BCUT2D eigenvalue weighted by Crippen LogP contribution is -2.44. The number of nitrogens with zero attached hydrogens (tertiary/aromatic N) is 2. The van der Waals surface area contributed by atoms with E-state index in [1.165, 1.54) is 7.11 Å². The Morgan fingerprint density at radius 3 is 1.85 bits per heavy atom. The van der Waals surface area contributed by atoms with Gasteiger partial charge < -0.3 is 24.1 Å².